The normalized spacial score (nSPS) is 11.0. The number of carbonyl (C=O) groups is 5. The largest absolute Gasteiger partial charge is 0.508 e. The predicted molar refractivity (Wildman–Crippen MR) is 435 cm³/mol. The van der Waals surface area contributed by atoms with Crippen LogP contribution in [0.15, 0.2) is 213 Å². The predicted octanol–water partition coefficient (Wildman–Crippen LogP) is 17.5. The average molecular weight is 1560 g/mol. The first-order chi connectivity index (χ1) is 55.2. The molecule has 15 rings (SSSR count). The first-order valence-corrected chi connectivity index (χ1v) is 36.9. The number of aromatic nitrogens is 5. The van der Waals surface area contributed by atoms with Gasteiger partial charge in [-0.2, -0.15) is 0 Å². The minimum absolute atomic E-state index is 0.0240. The Bertz CT molecular complexity index is 5890. The zero-order valence-corrected chi connectivity index (χ0v) is 62.1. The van der Waals surface area contributed by atoms with Crippen molar-refractivity contribution < 1.29 is 101 Å². The second-order valence-electron chi connectivity index (χ2n) is 27.6. The third-order valence-electron chi connectivity index (χ3n) is 19.4. The number of phenols is 15. The summed E-state index contributed by atoms with van der Waals surface area (Å²) in [6, 6.07) is 46.1. The van der Waals surface area contributed by atoms with Crippen LogP contribution in [0.25, 0.3) is 54.5 Å². The number of fused-ring (bicyclic) bond motifs is 5. The van der Waals surface area contributed by atoms with Crippen molar-refractivity contribution in [3.63, 3.8) is 0 Å². The van der Waals surface area contributed by atoms with Gasteiger partial charge in [0.15, 0.2) is 40.4 Å². The monoisotopic (exact) mass is 1560 g/mol. The second kappa shape index (κ2) is 37.3. The van der Waals surface area contributed by atoms with E-state index < -0.39 is 0 Å². The zero-order chi connectivity index (χ0) is 82.0. The molecule has 25 heteroatoms. The SMILES string of the molecule is O=C(CCCc1c[nH]c2ccc(O)cc12)c1c(O)cccc1O.O=C(CCCc1c[nH]c2ccc(O)cc12)c1cc(O)cc(O)c1.O=C(CCCc1c[nH]c2ccc(O)cc12)c1cc(O)ccc1O.O=C(CCCc1c[nH]c2ccc(O)cc12)c1ccc(O)cc1O.O=C(CCCc1c[nH]c2ccc(O)cc12)c1cccc(O)c1O. The number of benzene rings is 10. The molecule has 0 radical (unpaired) electrons. The van der Waals surface area contributed by atoms with Crippen molar-refractivity contribution in [1.82, 2.24) is 24.9 Å². The number of ketones is 5. The number of H-pyrrole nitrogens is 5. The van der Waals surface area contributed by atoms with Gasteiger partial charge in [0.25, 0.3) is 0 Å². The molecule has 0 spiro atoms. The van der Waals surface area contributed by atoms with Crippen LogP contribution < -0.4 is 0 Å². The molecule has 0 saturated carbocycles. The molecule has 0 aliphatic heterocycles. The van der Waals surface area contributed by atoms with Gasteiger partial charge in [-0.3, -0.25) is 24.0 Å². The molecule has 0 atom stereocenters. The van der Waals surface area contributed by atoms with Crippen molar-refractivity contribution in [3.8, 4) is 86.2 Å². The Balaban J connectivity index is 0.000000142. The summed E-state index contributed by atoms with van der Waals surface area (Å²) >= 11 is 0. The quantitative estimate of drug-likeness (QED) is 0.0144. The molecule has 20 N–H and O–H groups in total. The molecule has 590 valence electrons. The fraction of sp³-hybridized carbons (Fsp3) is 0.167. The third-order valence-corrected chi connectivity index (χ3v) is 19.4. The summed E-state index contributed by atoms with van der Waals surface area (Å²) in [7, 11) is 0. The van der Waals surface area contributed by atoms with Crippen molar-refractivity contribution in [2.75, 3.05) is 0 Å². The Kier molecular flexibility index (Phi) is 26.4. The number of Topliss-reactive ketones (excluding diaryl/α,β-unsaturated/α-hetero) is 5. The number of aromatic hydroxyl groups is 15. The Hall–Kier alpha value is -14.8. The van der Waals surface area contributed by atoms with E-state index in [1.54, 1.807) is 66.7 Å². The number of aryl methyl sites for hydroxylation is 5. The smallest absolute Gasteiger partial charge is 0.170 e. The van der Waals surface area contributed by atoms with Gasteiger partial charge in [0.1, 0.15) is 80.3 Å². The lowest BCUT2D eigenvalue weighted by atomic mass is 10.0. The number of phenolic OH excluding ortho intramolecular Hbond substituents is 15. The van der Waals surface area contributed by atoms with Gasteiger partial charge in [0.05, 0.1) is 16.7 Å². The highest BCUT2D eigenvalue weighted by atomic mass is 16.3. The van der Waals surface area contributed by atoms with Crippen LogP contribution in [0, 0.1) is 0 Å². The van der Waals surface area contributed by atoms with Gasteiger partial charge >= 0.3 is 0 Å². The van der Waals surface area contributed by atoms with Gasteiger partial charge in [-0.15, -0.1) is 0 Å². The molecule has 10 aromatic carbocycles. The van der Waals surface area contributed by atoms with Crippen LogP contribution in [0.3, 0.4) is 0 Å². The van der Waals surface area contributed by atoms with E-state index in [9.17, 15) is 101 Å². The van der Waals surface area contributed by atoms with Gasteiger partial charge < -0.3 is 102 Å². The van der Waals surface area contributed by atoms with Gasteiger partial charge in [-0.1, -0.05) is 12.1 Å². The fourth-order valence-electron chi connectivity index (χ4n) is 13.6. The molecule has 0 fully saturated rings. The molecule has 5 aromatic heterocycles. The number of carbonyl (C=O) groups excluding carboxylic acids is 5. The van der Waals surface area contributed by atoms with E-state index in [0.29, 0.717) is 82.6 Å². The van der Waals surface area contributed by atoms with E-state index in [2.05, 4.69) is 24.9 Å². The van der Waals surface area contributed by atoms with Crippen molar-refractivity contribution in [1.29, 1.82) is 0 Å². The number of para-hydroxylation sites is 1. The molecule has 0 aliphatic rings. The lowest BCUT2D eigenvalue weighted by Crippen LogP contribution is -2.01. The standard InChI is InChI=1S/5C18H17NO4/c20-12-7-8-15-14(9-12)11(10-19-15)3-1-5-16(21)13-4-2-6-17(22)18(13)23;20-12-7-8-14-13(9-12)11(10-19-14)3-1-4-15(21)18-16(22)5-2-6-17(18)23;20-12-5-7-16-15(8-12)11(10-19-16)2-1-3-17(22)14-6-4-13(21)9-18(14)23;20-12-4-6-16-14(8-12)11(10-19-16)2-1-3-17(22)15-9-13(21)5-7-18(15)23;20-13-4-5-17-16(9-13)11(10-19-17)2-1-3-18(23)12-6-14(21)8-15(22)7-12/h2,4,6-10,19-20,22-23H,1,3,5H2;2,5-10,19-20,22-23H,1,3-4H2;2*4-10,19-21,23H,1-3H2;4-10,19-22H,1-3H2. The molecule has 0 saturated heterocycles. The van der Waals surface area contributed by atoms with Crippen LogP contribution in [-0.2, 0) is 32.1 Å². The summed E-state index contributed by atoms with van der Waals surface area (Å²) < 4.78 is 0. The van der Waals surface area contributed by atoms with Crippen LogP contribution in [0.1, 0.15) is 144 Å². The van der Waals surface area contributed by atoms with Crippen molar-refractivity contribution >= 4 is 83.4 Å². The van der Waals surface area contributed by atoms with Crippen molar-refractivity contribution in [2.45, 2.75) is 96.3 Å². The highest BCUT2D eigenvalue weighted by molar-refractivity contribution is 6.02. The van der Waals surface area contributed by atoms with E-state index >= 15 is 0 Å². The molecule has 0 bridgehead atoms. The third kappa shape index (κ3) is 21.0. The van der Waals surface area contributed by atoms with E-state index in [-0.39, 0.29) is 157 Å². The molecule has 15 aromatic rings. The fourth-order valence-corrected chi connectivity index (χ4v) is 13.6. The highest BCUT2D eigenvalue weighted by Gasteiger charge is 2.20. The number of hydrogen-bond donors (Lipinski definition) is 20. The van der Waals surface area contributed by atoms with E-state index in [4.69, 9.17) is 0 Å². The minimum Gasteiger partial charge on any atom is -0.508 e. The Labute approximate surface area is 656 Å². The number of hydrogen-bond acceptors (Lipinski definition) is 20. The van der Waals surface area contributed by atoms with Crippen LogP contribution in [-0.4, -0.2) is 130 Å². The number of aromatic amines is 5. The van der Waals surface area contributed by atoms with Crippen LogP contribution in [0.5, 0.6) is 86.2 Å². The Morgan fingerprint density at radius 3 is 0.922 bits per heavy atom. The summed E-state index contributed by atoms with van der Waals surface area (Å²) in [5.74, 6) is -1.69. The number of rotatable bonds is 25. The van der Waals surface area contributed by atoms with Crippen LogP contribution in [0.2, 0.25) is 0 Å². The molecular weight excluding hydrogens is 1470 g/mol. The summed E-state index contributed by atoms with van der Waals surface area (Å²) in [6.45, 7) is 0. The molecule has 0 amide bonds. The van der Waals surface area contributed by atoms with Crippen molar-refractivity contribution in [2.24, 2.45) is 0 Å². The number of nitrogens with one attached hydrogen (secondary N) is 5. The van der Waals surface area contributed by atoms with Crippen molar-refractivity contribution in [3.05, 3.63) is 269 Å². The average Bonchev–Trinajstić information content (AvgIpc) is 1.65. The maximum absolute atomic E-state index is 12.2. The summed E-state index contributed by atoms with van der Waals surface area (Å²) in [4.78, 5) is 76.4. The van der Waals surface area contributed by atoms with E-state index in [0.717, 1.165) is 88.4 Å². The topological polar surface area (TPSA) is 468 Å². The highest BCUT2D eigenvalue weighted by Crippen LogP contribution is 2.35. The Morgan fingerprint density at radius 1 is 0.235 bits per heavy atom. The maximum Gasteiger partial charge on any atom is 0.170 e. The lowest BCUT2D eigenvalue weighted by molar-refractivity contribution is 0.0966. The first kappa shape index (κ1) is 81.2. The lowest BCUT2D eigenvalue weighted by Gasteiger charge is -2.06. The summed E-state index contributed by atoms with van der Waals surface area (Å²) in [5, 5.41) is 148. The molecule has 0 unspecified atom stereocenters. The molecule has 115 heavy (non-hydrogen) atoms. The van der Waals surface area contributed by atoms with Gasteiger partial charge in [0.2, 0.25) is 0 Å². The van der Waals surface area contributed by atoms with Crippen LogP contribution in [0.4, 0.5) is 0 Å². The summed E-state index contributed by atoms with van der Waals surface area (Å²) in [5.41, 5.74) is 10.7. The molecular formula is C90H85N5O20. The molecule has 25 nitrogen and oxygen atoms in total. The van der Waals surface area contributed by atoms with E-state index in [1.165, 1.54) is 84.9 Å². The molecule has 0 aliphatic carbocycles. The second-order valence-corrected chi connectivity index (χ2v) is 27.6. The Morgan fingerprint density at radius 2 is 0.539 bits per heavy atom. The van der Waals surface area contributed by atoms with Gasteiger partial charge in [-0.25, -0.2) is 0 Å². The van der Waals surface area contributed by atoms with Gasteiger partial charge in [0, 0.05) is 135 Å². The summed E-state index contributed by atoms with van der Waals surface area (Å²) in [6.07, 6.45) is 17.2. The maximum atomic E-state index is 12.2. The zero-order valence-electron chi connectivity index (χ0n) is 62.1. The van der Waals surface area contributed by atoms with E-state index in [1.807, 2.05) is 55.2 Å². The first-order valence-electron chi connectivity index (χ1n) is 36.9. The van der Waals surface area contributed by atoms with Crippen LogP contribution >= 0.6 is 0 Å². The molecule has 5 heterocycles. The minimum atomic E-state index is -0.366. The van der Waals surface area contributed by atoms with Gasteiger partial charge in [-0.05, 0) is 250 Å².